The molecule has 0 radical (unpaired) electrons. The maximum Gasteiger partial charge on any atom is 0.318 e. The molecule has 0 saturated carbocycles. The number of benzene rings is 1. The molecule has 6 heteroatoms. The standard InChI is InChI=1S/C11H11N3O3/c15-7-6-12-9-4-3-8-2-1-5-13-10(8)11(9)14(16)17/h1-5,12,15H,6-7H2. The minimum atomic E-state index is -0.463. The number of pyridine rings is 1. The minimum Gasteiger partial charge on any atom is -0.395 e. The van der Waals surface area contributed by atoms with Gasteiger partial charge in [-0.3, -0.25) is 10.1 Å². The summed E-state index contributed by atoms with van der Waals surface area (Å²) >= 11 is 0. The average Bonchev–Trinajstić information content (AvgIpc) is 2.35. The molecule has 0 bridgehead atoms. The highest BCUT2D eigenvalue weighted by atomic mass is 16.6. The zero-order valence-corrected chi connectivity index (χ0v) is 8.96. The predicted molar refractivity (Wildman–Crippen MR) is 64.0 cm³/mol. The van der Waals surface area contributed by atoms with Gasteiger partial charge in [0.05, 0.1) is 11.5 Å². The van der Waals surface area contributed by atoms with E-state index in [4.69, 9.17) is 5.11 Å². The lowest BCUT2D eigenvalue weighted by atomic mass is 10.1. The first-order valence-corrected chi connectivity index (χ1v) is 5.11. The summed E-state index contributed by atoms with van der Waals surface area (Å²) in [6, 6.07) is 6.88. The molecule has 2 N–H and O–H groups in total. The van der Waals surface area contributed by atoms with E-state index in [1.165, 1.54) is 6.20 Å². The second-order valence-electron chi connectivity index (χ2n) is 3.44. The van der Waals surface area contributed by atoms with Gasteiger partial charge in [-0.25, -0.2) is 4.98 Å². The fourth-order valence-corrected chi connectivity index (χ4v) is 1.65. The molecule has 1 aromatic carbocycles. The second-order valence-corrected chi connectivity index (χ2v) is 3.44. The van der Waals surface area contributed by atoms with Gasteiger partial charge < -0.3 is 10.4 Å². The van der Waals surface area contributed by atoms with Crippen LogP contribution in [0.2, 0.25) is 0 Å². The van der Waals surface area contributed by atoms with Crippen LogP contribution in [-0.2, 0) is 0 Å². The lowest BCUT2D eigenvalue weighted by molar-refractivity contribution is -0.382. The van der Waals surface area contributed by atoms with Crippen molar-refractivity contribution in [1.82, 2.24) is 4.98 Å². The first kappa shape index (κ1) is 11.3. The summed E-state index contributed by atoms with van der Waals surface area (Å²) in [6.45, 7) is 0.177. The molecule has 0 amide bonds. The molecule has 0 aliphatic rings. The normalized spacial score (nSPS) is 10.4. The largest absolute Gasteiger partial charge is 0.395 e. The van der Waals surface area contributed by atoms with Gasteiger partial charge in [-0.2, -0.15) is 0 Å². The molecular weight excluding hydrogens is 222 g/mol. The molecular formula is C11H11N3O3. The van der Waals surface area contributed by atoms with Gasteiger partial charge >= 0.3 is 5.69 Å². The van der Waals surface area contributed by atoms with Crippen molar-refractivity contribution in [3.8, 4) is 0 Å². The fraction of sp³-hybridized carbons (Fsp3) is 0.182. The number of nitro groups is 1. The van der Waals surface area contributed by atoms with E-state index in [0.717, 1.165) is 0 Å². The van der Waals surface area contributed by atoms with E-state index < -0.39 is 4.92 Å². The Balaban J connectivity index is 2.60. The first-order chi connectivity index (χ1) is 8.24. The molecule has 6 nitrogen and oxygen atoms in total. The summed E-state index contributed by atoms with van der Waals surface area (Å²) in [5, 5.41) is 23.3. The van der Waals surface area contributed by atoms with Gasteiger partial charge in [0, 0.05) is 18.1 Å². The predicted octanol–water partition coefficient (Wildman–Crippen LogP) is 1.55. The third-order valence-electron chi connectivity index (χ3n) is 2.36. The minimum absolute atomic E-state index is 0.0587. The van der Waals surface area contributed by atoms with Gasteiger partial charge in [-0.1, -0.05) is 12.1 Å². The third-order valence-corrected chi connectivity index (χ3v) is 2.36. The number of hydrogen-bond acceptors (Lipinski definition) is 5. The van der Waals surface area contributed by atoms with Crippen LogP contribution in [0.5, 0.6) is 0 Å². The highest BCUT2D eigenvalue weighted by Gasteiger charge is 2.18. The number of hydrogen-bond donors (Lipinski definition) is 2. The Bertz CT molecular complexity index is 557. The van der Waals surface area contributed by atoms with Gasteiger partial charge in [0.25, 0.3) is 0 Å². The quantitative estimate of drug-likeness (QED) is 0.617. The summed E-state index contributed by atoms with van der Waals surface area (Å²) in [7, 11) is 0. The van der Waals surface area contributed by atoms with Crippen molar-refractivity contribution in [2.24, 2.45) is 0 Å². The second kappa shape index (κ2) is 4.75. The number of anilines is 1. The number of rotatable bonds is 4. The van der Waals surface area contributed by atoms with Crippen LogP contribution in [0.25, 0.3) is 10.9 Å². The van der Waals surface area contributed by atoms with Gasteiger partial charge in [-0.15, -0.1) is 0 Å². The molecule has 0 fully saturated rings. The van der Waals surface area contributed by atoms with Crippen molar-refractivity contribution >= 4 is 22.3 Å². The Morgan fingerprint density at radius 1 is 1.41 bits per heavy atom. The fourth-order valence-electron chi connectivity index (χ4n) is 1.65. The van der Waals surface area contributed by atoms with Crippen LogP contribution in [0.3, 0.4) is 0 Å². The van der Waals surface area contributed by atoms with E-state index in [9.17, 15) is 10.1 Å². The van der Waals surface area contributed by atoms with Crippen LogP contribution in [0.4, 0.5) is 11.4 Å². The summed E-state index contributed by atoms with van der Waals surface area (Å²) in [4.78, 5) is 14.6. The van der Waals surface area contributed by atoms with Crippen LogP contribution < -0.4 is 5.32 Å². The number of nitrogens with one attached hydrogen (secondary N) is 1. The van der Waals surface area contributed by atoms with Gasteiger partial charge in [0.15, 0.2) is 0 Å². The molecule has 0 spiro atoms. The molecule has 0 aliphatic heterocycles. The topological polar surface area (TPSA) is 88.3 Å². The monoisotopic (exact) mass is 233 g/mol. The molecule has 1 heterocycles. The van der Waals surface area contributed by atoms with Gasteiger partial charge in [-0.05, 0) is 12.1 Å². The lowest BCUT2D eigenvalue weighted by Crippen LogP contribution is -2.07. The summed E-state index contributed by atoms with van der Waals surface area (Å²) in [5.74, 6) is 0. The van der Waals surface area contributed by atoms with Crippen molar-refractivity contribution in [3.63, 3.8) is 0 Å². The van der Waals surface area contributed by atoms with E-state index in [1.54, 1.807) is 24.3 Å². The van der Waals surface area contributed by atoms with Crippen LogP contribution in [-0.4, -0.2) is 28.2 Å². The molecule has 0 aliphatic carbocycles. The molecule has 1 aromatic heterocycles. The zero-order valence-electron chi connectivity index (χ0n) is 8.96. The Labute approximate surface area is 97.1 Å². The summed E-state index contributed by atoms with van der Waals surface area (Å²) in [5.41, 5.74) is 0.659. The van der Waals surface area contributed by atoms with Gasteiger partial charge in [0.1, 0.15) is 11.2 Å². The molecule has 17 heavy (non-hydrogen) atoms. The zero-order chi connectivity index (χ0) is 12.3. The molecule has 2 aromatic rings. The van der Waals surface area contributed by atoms with E-state index in [-0.39, 0.29) is 18.8 Å². The molecule has 88 valence electrons. The van der Waals surface area contributed by atoms with Gasteiger partial charge in [0.2, 0.25) is 0 Å². The van der Waals surface area contributed by atoms with E-state index in [2.05, 4.69) is 10.3 Å². The van der Waals surface area contributed by atoms with Crippen LogP contribution in [0.15, 0.2) is 30.5 Å². The number of aromatic nitrogens is 1. The lowest BCUT2D eigenvalue weighted by Gasteiger charge is -2.07. The highest BCUT2D eigenvalue weighted by molar-refractivity contribution is 5.93. The maximum absolute atomic E-state index is 11.1. The maximum atomic E-state index is 11.1. The number of aliphatic hydroxyl groups is 1. The number of nitro benzene ring substituents is 1. The molecule has 0 atom stereocenters. The van der Waals surface area contributed by atoms with Crippen LogP contribution in [0.1, 0.15) is 0 Å². The molecule has 2 rings (SSSR count). The Morgan fingerprint density at radius 2 is 2.24 bits per heavy atom. The highest BCUT2D eigenvalue weighted by Crippen LogP contribution is 2.31. The average molecular weight is 233 g/mol. The molecule has 0 unspecified atom stereocenters. The van der Waals surface area contributed by atoms with Crippen LogP contribution >= 0.6 is 0 Å². The summed E-state index contributed by atoms with van der Waals surface area (Å²) < 4.78 is 0. The van der Waals surface area contributed by atoms with Crippen molar-refractivity contribution in [2.45, 2.75) is 0 Å². The van der Waals surface area contributed by atoms with E-state index in [0.29, 0.717) is 16.6 Å². The van der Waals surface area contributed by atoms with Crippen molar-refractivity contribution in [3.05, 3.63) is 40.6 Å². The Hall–Kier alpha value is -2.21. The number of fused-ring (bicyclic) bond motifs is 1. The SMILES string of the molecule is O=[N+]([O-])c1c(NCCO)ccc2cccnc12. The molecule has 0 saturated heterocycles. The number of nitrogens with zero attached hydrogens (tertiary/aromatic N) is 2. The van der Waals surface area contributed by atoms with Crippen LogP contribution in [0, 0.1) is 10.1 Å². The van der Waals surface area contributed by atoms with Crippen molar-refractivity contribution in [2.75, 3.05) is 18.5 Å². The smallest absolute Gasteiger partial charge is 0.318 e. The van der Waals surface area contributed by atoms with E-state index >= 15 is 0 Å². The number of aliphatic hydroxyl groups excluding tert-OH is 1. The van der Waals surface area contributed by atoms with E-state index in [1.807, 2.05) is 0 Å². The van der Waals surface area contributed by atoms with Crippen molar-refractivity contribution in [1.29, 1.82) is 0 Å². The Kier molecular flexibility index (Phi) is 3.15. The Morgan fingerprint density at radius 3 is 2.94 bits per heavy atom. The first-order valence-electron chi connectivity index (χ1n) is 5.11. The summed E-state index contributed by atoms with van der Waals surface area (Å²) in [6.07, 6.45) is 1.52. The third kappa shape index (κ3) is 2.16. The van der Waals surface area contributed by atoms with Crippen molar-refractivity contribution < 1.29 is 10.0 Å².